The van der Waals surface area contributed by atoms with Gasteiger partial charge in [0.25, 0.3) is 0 Å². The fourth-order valence-corrected chi connectivity index (χ4v) is 3.66. The van der Waals surface area contributed by atoms with Crippen LogP contribution in [0.5, 0.6) is 0 Å². The molecule has 2 heterocycles. The van der Waals surface area contributed by atoms with E-state index in [9.17, 15) is 0 Å². The van der Waals surface area contributed by atoms with E-state index in [1.807, 2.05) is 0 Å². The second-order valence-corrected chi connectivity index (χ2v) is 6.83. The second kappa shape index (κ2) is 6.29. The number of aryl methyl sites for hydroxylation is 2. The molecule has 1 aliphatic rings. The van der Waals surface area contributed by atoms with Gasteiger partial charge in [0.15, 0.2) is 5.82 Å². The Bertz CT molecular complexity index is 844. The summed E-state index contributed by atoms with van der Waals surface area (Å²) >= 11 is 0. The number of imidazole rings is 1. The Labute approximate surface area is 143 Å². The van der Waals surface area contributed by atoms with Crippen LogP contribution in [-0.4, -0.2) is 35.7 Å². The first-order valence-electron chi connectivity index (χ1n) is 8.76. The average Bonchev–Trinajstić information content (AvgIpc) is 2.92. The summed E-state index contributed by atoms with van der Waals surface area (Å²) in [6.07, 6.45) is 0. The van der Waals surface area contributed by atoms with Gasteiger partial charge in [0, 0.05) is 12.7 Å². The lowest BCUT2D eigenvalue weighted by atomic mass is 10.2. The van der Waals surface area contributed by atoms with E-state index in [2.05, 4.69) is 72.0 Å². The first-order valence-corrected chi connectivity index (χ1v) is 8.76. The van der Waals surface area contributed by atoms with Crippen molar-refractivity contribution in [2.45, 2.75) is 13.5 Å². The zero-order valence-corrected chi connectivity index (χ0v) is 14.5. The Kier molecular flexibility index (Phi) is 3.98. The van der Waals surface area contributed by atoms with Gasteiger partial charge in [0.1, 0.15) is 6.54 Å². The van der Waals surface area contributed by atoms with Gasteiger partial charge in [-0.15, -0.1) is 0 Å². The van der Waals surface area contributed by atoms with Gasteiger partial charge in [-0.2, -0.15) is 0 Å². The zero-order chi connectivity index (χ0) is 16.5. The molecule has 0 radical (unpaired) electrons. The van der Waals surface area contributed by atoms with Gasteiger partial charge in [-0.25, -0.2) is 4.98 Å². The highest BCUT2D eigenvalue weighted by Crippen LogP contribution is 2.16. The Hall–Kier alpha value is -2.33. The molecule has 1 fully saturated rings. The lowest BCUT2D eigenvalue weighted by molar-refractivity contribution is -0.915. The molecule has 0 unspecified atom stereocenters. The molecule has 0 amide bonds. The van der Waals surface area contributed by atoms with Crippen LogP contribution in [0.2, 0.25) is 0 Å². The molecule has 1 aromatic heterocycles. The lowest BCUT2D eigenvalue weighted by Gasteiger charge is -2.33. The molecule has 24 heavy (non-hydrogen) atoms. The van der Waals surface area contributed by atoms with Crippen LogP contribution in [0, 0.1) is 6.92 Å². The standard InChI is InChI=1S/C20H24N4/c1-16-6-5-7-17(14-16)24-12-10-23(11-13-24)15-20-21-18-8-3-4-9-19(18)22(20)2/h3-9,14H,10-13,15H2,1-2H3/p+1. The number of anilines is 1. The number of quaternary nitrogens is 1. The van der Waals surface area contributed by atoms with Crippen molar-refractivity contribution in [2.75, 3.05) is 31.1 Å². The molecule has 2 aromatic carbocycles. The molecule has 1 saturated heterocycles. The largest absolute Gasteiger partial charge is 0.360 e. The van der Waals surface area contributed by atoms with Crippen LogP contribution in [0.1, 0.15) is 11.4 Å². The van der Waals surface area contributed by atoms with Crippen molar-refractivity contribution in [1.82, 2.24) is 9.55 Å². The fraction of sp³-hybridized carbons (Fsp3) is 0.350. The number of nitrogens with one attached hydrogen (secondary N) is 1. The number of hydrogen-bond donors (Lipinski definition) is 1. The monoisotopic (exact) mass is 321 g/mol. The van der Waals surface area contributed by atoms with E-state index in [4.69, 9.17) is 4.98 Å². The normalized spacial score (nSPS) is 16.0. The van der Waals surface area contributed by atoms with Gasteiger partial charge >= 0.3 is 0 Å². The Morgan fingerprint density at radius 3 is 2.58 bits per heavy atom. The molecule has 1 aliphatic heterocycles. The molecule has 4 rings (SSSR count). The molecule has 4 nitrogen and oxygen atoms in total. The number of rotatable bonds is 3. The van der Waals surface area contributed by atoms with E-state index in [0.29, 0.717) is 0 Å². The number of aromatic nitrogens is 2. The van der Waals surface area contributed by atoms with Gasteiger partial charge < -0.3 is 14.4 Å². The molecule has 0 atom stereocenters. The first-order chi connectivity index (χ1) is 11.7. The minimum absolute atomic E-state index is 1.01. The highest BCUT2D eigenvalue weighted by atomic mass is 15.3. The fourth-order valence-electron chi connectivity index (χ4n) is 3.66. The van der Waals surface area contributed by atoms with Crippen LogP contribution < -0.4 is 9.80 Å². The van der Waals surface area contributed by atoms with Gasteiger partial charge in [-0.3, -0.25) is 0 Å². The molecular weight excluding hydrogens is 296 g/mol. The van der Waals surface area contributed by atoms with E-state index >= 15 is 0 Å². The molecular formula is C20H25N4+. The molecule has 4 heteroatoms. The minimum atomic E-state index is 1.01. The Morgan fingerprint density at radius 1 is 1.04 bits per heavy atom. The van der Waals surface area contributed by atoms with E-state index < -0.39 is 0 Å². The molecule has 0 aliphatic carbocycles. The maximum Gasteiger partial charge on any atom is 0.165 e. The van der Waals surface area contributed by atoms with Gasteiger partial charge in [-0.05, 0) is 36.8 Å². The lowest BCUT2D eigenvalue weighted by Crippen LogP contribution is -3.13. The second-order valence-electron chi connectivity index (χ2n) is 6.83. The van der Waals surface area contributed by atoms with Crippen LogP contribution >= 0.6 is 0 Å². The van der Waals surface area contributed by atoms with Crippen molar-refractivity contribution in [2.24, 2.45) is 7.05 Å². The van der Waals surface area contributed by atoms with Crippen molar-refractivity contribution in [3.05, 3.63) is 59.9 Å². The zero-order valence-electron chi connectivity index (χ0n) is 14.5. The van der Waals surface area contributed by atoms with Crippen molar-refractivity contribution in [3.63, 3.8) is 0 Å². The molecule has 124 valence electrons. The maximum atomic E-state index is 4.82. The third kappa shape index (κ3) is 2.89. The third-order valence-electron chi connectivity index (χ3n) is 5.13. The SMILES string of the molecule is Cc1cccc(N2CC[NH+](Cc3nc4ccccc4n3C)CC2)c1. The van der Waals surface area contributed by atoms with Gasteiger partial charge in [-0.1, -0.05) is 24.3 Å². The van der Waals surface area contributed by atoms with Gasteiger partial charge in [0.05, 0.1) is 37.2 Å². The first kappa shape index (κ1) is 15.2. The summed E-state index contributed by atoms with van der Waals surface area (Å²) in [5.74, 6) is 1.19. The summed E-state index contributed by atoms with van der Waals surface area (Å²) in [4.78, 5) is 8.95. The minimum Gasteiger partial charge on any atom is -0.360 e. The number of hydrogen-bond acceptors (Lipinski definition) is 2. The maximum absolute atomic E-state index is 4.82. The van der Waals surface area contributed by atoms with Crippen LogP contribution in [0.4, 0.5) is 5.69 Å². The molecule has 0 bridgehead atoms. The summed E-state index contributed by atoms with van der Waals surface area (Å²) < 4.78 is 2.25. The van der Waals surface area contributed by atoms with E-state index in [1.165, 1.54) is 22.6 Å². The van der Waals surface area contributed by atoms with Crippen LogP contribution in [0.3, 0.4) is 0 Å². The summed E-state index contributed by atoms with van der Waals surface area (Å²) in [6, 6.07) is 17.2. The highest BCUT2D eigenvalue weighted by molar-refractivity contribution is 5.75. The average molecular weight is 321 g/mol. The van der Waals surface area contributed by atoms with Crippen LogP contribution in [0.25, 0.3) is 11.0 Å². The molecule has 1 N–H and O–H groups in total. The van der Waals surface area contributed by atoms with E-state index in [-0.39, 0.29) is 0 Å². The predicted octanol–water partition coefficient (Wildman–Crippen LogP) is 1.79. The summed E-state index contributed by atoms with van der Waals surface area (Å²) in [6.45, 7) is 7.73. The smallest absolute Gasteiger partial charge is 0.165 e. The van der Waals surface area contributed by atoms with E-state index in [1.54, 1.807) is 4.90 Å². The molecule has 3 aromatic rings. The van der Waals surface area contributed by atoms with Crippen molar-refractivity contribution in [1.29, 1.82) is 0 Å². The third-order valence-corrected chi connectivity index (χ3v) is 5.13. The van der Waals surface area contributed by atoms with Crippen molar-refractivity contribution >= 4 is 16.7 Å². The molecule has 0 saturated carbocycles. The highest BCUT2D eigenvalue weighted by Gasteiger charge is 2.22. The Morgan fingerprint density at radius 2 is 1.83 bits per heavy atom. The van der Waals surface area contributed by atoms with Crippen LogP contribution in [-0.2, 0) is 13.6 Å². The number of fused-ring (bicyclic) bond motifs is 1. The predicted molar refractivity (Wildman–Crippen MR) is 98.5 cm³/mol. The Balaban J connectivity index is 1.43. The summed E-state index contributed by atoms with van der Waals surface area (Å²) in [5, 5.41) is 0. The topological polar surface area (TPSA) is 25.5 Å². The number of benzene rings is 2. The summed E-state index contributed by atoms with van der Waals surface area (Å²) in [7, 11) is 2.13. The number of piperazine rings is 1. The summed E-state index contributed by atoms with van der Waals surface area (Å²) in [5.41, 5.74) is 5.02. The van der Waals surface area contributed by atoms with Crippen LogP contribution in [0.15, 0.2) is 48.5 Å². The quantitative estimate of drug-likeness (QED) is 0.796. The number of para-hydroxylation sites is 2. The number of nitrogens with zero attached hydrogens (tertiary/aromatic N) is 3. The van der Waals surface area contributed by atoms with Gasteiger partial charge in [0.2, 0.25) is 0 Å². The van der Waals surface area contributed by atoms with E-state index in [0.717, 1.165) is 38.2 Å². The molecule has 0 spiro atoms. The van der Waals surface area contributed by atoms with Crippen molar-refractivity contribution in [3.8, 4) is 0 Å². The van der Waals surface area contributed by atoms with Crippen molar-refractivity contribution < 1.29 is 4.90 Å².